The Morgan fingerprint density at radius 1 is 1.06 bits per heavy atom. The highest BCUT2D eigenvalue weighted by molar-refractivity contribution is 5.90. The molecule has 0 spiro atoms. The Kier molecular flexibility index (Phi) is 16.6. The van der Waals surface area contributed by atoms with E-state index in [4.69, 9.17) is 9.47 Å². The van der Waals surface area contributed by atoms with Crippen molar-refractivity contribution in [2.45, 2.75) is 116 Å². The van der Waals surface area contributed by atoms with Crippen molar-refractivity contribution >= 4 is 23.6 Å². The zero-order valence-electron chi connectivity index (χ0n) is 31.6. The van der Waals surface area contributed by atoms with E-state index in [0.717, 1.165) is 12.8 Å². The molecule has 1 aliphatic heterocycles. The zero-order valence-corrected chi connectivity index (χ0v) is 31.6. The van der Waals surface area contributed by atoms with E-state index in [1.165, 1.54) is 0 Å². The van der Waals surface area contributed by atoms with Gasteiger partial charge in [-0.25, -0.2) is 0 Å². The van der Waals surface area contributed by atoms with Crippen molar-refractivity contribution in [3.8, 4) is 0 Å². The molecule has 0 bridgehead atoms. The fraction of sp³-hybridized carbons (Fsp3) is 0.730. The van der Waals surface area contributed by atoms with Gasteiger partial charge in [0, 0.05) is 27.8 Å². The summed E-state index contributed by atoms with van der Waals surface area (Å²) in [4.78, 5) is 57.2. The number of carbonyl (C=O) groups is 4. The van der Waals surface area contributed by atoms with Gasteiger partial charge in [-0.1, -0.05) is 71.4 Å². The van der Waals surface area contributed by atoms with E-state index in [1.54, 1.807) is 58.9 Å². The lowest BCUT2D eigenvalue weighted by Gasteiger charge is -2.39. The van der Waals surface area contributed by atoms with Crippen LogP contribution >= 0.6 is 0 Å². The lowest BCUT2D eigenvalue weighted by molar-refractivity contribution is -0.146. The van der Waals surface area contributed by atoms with Crippen LogP contribution in [-0.4, -0.2) is 116 Å². The summed E-state index contributed by atoms with van der Waals surface area (Å²) in [5.74, 6) is -1.54. The molecule has 1 saturated heterocycles. The van der Waals surface area contributed by atoms with Crippen molar-refractivity contribution in [3.05, 3.63) is 35.9 Å². The van der Waals surface area contributed by atoms with E-state index in [-0.39, 0.29) is 54.5 Å². The minimum Gasteiger partial charge on any atom is -0.386 e. The number of likely N-dealkylation sites (N-methyl/N-ethyl adjacent to an activating group) is 2. The third-order valence-corrected chi connectivity index (χ3v) is 10.8. The van der Waals surface area contributed by atoms with Crippen LogP contribution in [0.4, 0.5) is 0 Å². The van der Waals surface area contributed by atoms with Gasteiger partial charge in [-0.3, -0.25) is 19.2 Å². The summed E-state index contributed by atoms with van der Waals surface area (Å²) in [5, 5.41) is 19.6. The summed E-state index contributed by atoms with van der Waals surface area (Å²) in [7, 11) is 6.51. The van der Waals surface area contributed by atoms with Crippen LogP contribution in [0.25, 0.3) is 0 Å². The highest BCUT2D eigenvalue weighted by atomic mass is 16.5. The maximum atomic E-state index is 14.0. The maximum absolute atomic E-state index is 14.0. The first-order valence-corrected chi connectivity index (χ1v) is 17.7. The largest absolute Gasteiger partial charge is 0.386 e. The first-order chi connectivity index (χ1) is 23.1. The fourth-order valence-electron chi connectivity index (χ4n) is 6.83. The molecular weight excluding hydrogens is 626 g/mol. The summed E-state index contributed by atoms with van der Waals surface area (Å²) in [5.41, 5.74) is -0.120. The second kappa shape index (κ2) is 19.4. The van der Waals surface area contributed by atoms with Gasteiger partial charge in [-0.15, -0.1) is 0 Å². The average Bonchev–Trinajstić information content (AvgIpc) is 3.59. The van der Waals surface area contributed by atoms with Gasteiger partial charge < -0.3 is 40.3 Å². The van der Waals surface area contributed by atoms with Crippen LogP contribution < -0.4 is 16.0 Å². The van der Waals surface area contributed by atoms with Crippen molar-refractivity contribution < 1.29 is 33.8 Å². The monoisotopic (exact) mass is 689 g/mol. The third kappa shape index (κ3) is 10.5. The molecule has 4 N–H and O–H groups in total. The second-order valence-corrected chi connectivity index (χ2v) is 14.1. The SMILES string of the molecule is CCC(C)C(C(CC(=O)N1CCCC1C(OC)C(C)C(=O)NC(C)C(O)c1ccccc1)OC)N(C)C(=O)CNC(=O)C(C)(NC)C(C)C. The van der Waals surface area contributed by atoms with E-state index in [9.17, 15) is 24.3 Å². The molecule has 1 aliphatic rings. The lowest BCUT2D eigenvalue weighted by Crippen LogP contribution is -2.59. The molecule has 1 fully saturated rings. The van der Waals surface area contributed by atoms with Crippen molar-refractivity contribution in [1.29, 1.82) is 0 Å². The van der Waals surface area contributed by atoms with Gasteiger partial charge in [0.15, 0.2) is 0 Å². The highest BCUT2D eigenvalue weighted by Gasteiger charge is 2.42. The molecule has 1 heterocycles. The van der Waals surface area contributed by atoms with Crippen molar-refractivity contribution in [3.63, 3.8) is 0 Å². The molecule has 4 amide bonds. The van der Waals surface area contributed by atoms with E-state index >= 15 is 0 Å². The second-order valence-electron chi connectivity index (χ2n) is 14.1. The molecule has 0 saturated carbocycles. The Morgan fingerprint density at radius 2 is 1.69 bits per heavy atom. The Balaban J connectivity index is 2.16. The molecular formula is C37H63N5O7. The van der Waals surface area contributed by atoms with Gasteiger partial charge in [-0.05, 0) is 51.1 Å². The molecule has 0 aliphatic carbocycles. The topological polar surface area (TPSA) is 150 Å². The van der Waals surface area contributed by atoms with Gasteiger partial charge in [0.25, 0.3) is 0 Å². The molecule has 0 radical (unpaired) electrons. The zero-order chi connectivity index (χ0) is 37.1. The van der Waals surface area contributed by atoms with Gasteiger partial charge in [0.05, 0.1) is 60.9 Å². The summed E-state index contributed by atoms with van der Waals surface area (Å²) in [6, 6.07) is 7.88. The number of aliphatic hydroxyl groups is 1. The molecule has 12 heteroatoms. The number of nitrogens with one attached hydrogen (secondary N) is 3. The molecule has 49 heavy (non-hydrogen) atoms. The number of hydrogen-bond acceptors (Lipinski definition) is 8. The van der Waals surface area contributed by atoms with E-state index in [1.807, 2.05) is 58.0 Å². The van der Waals surface area contributed by atoms with Gasteiger partial charge in [-0.2, -0.15) is 0 Å². The summed E-state index contributed by atoms with van der Waals surface area (Å²) < 4.78 is 11.8. The number of methoxy groups -OCH3 is 2. The maximum Gasteiger partial charge on any atom is 0.242 e. The van der Waals surface area contributed by atoms with Crippen LogP contribution in [0.1, 0.15) is 85.8 Å². The first-order valence-electron chi connectivity index (χ1n) is 17.7. The smallest absolute Gasteiger partial charge is 0.242 e. The fourth-order valence-corrected chi connectivity index (χ4v) is 6.83. The van der Waals surface area contributed by atoms with Gasteiger partial charge in [0.1, 0.15) is 0 Å². The molecule has 2 rings (SSSR count). The minimum absolute atomic E-state index is 0.00122. The Labute approximate surface area is 294 Å². The number of aliphatic hydroxyl groups excluding tert-OH is 1. The van der Waals surface area contributed by atoms with E-state index < -0.39 is 41.9 Å². The number of amides is 4. The van der Waals surface area contributed by atoms with Gasteiger partial charge in [0.2, 0.25) is 23.6 Å². The van der Waals surface area contributed by atoms with Crippen LogP contribution in [-0.2, 0) is 28.7 Å². The summed E-state index contributed by atoms with van der Waals surface area (Å²) >= 11 is 0. The van der Waals surface area contributed by atoms with Crippen molar-refractivity contribution in [1.82, 2.24) is 25.8 Å². The predicted molar refractivity (Wildman–Crippen MR) is 190 cm³/mol. The Hall–Kier alpha value is -3.06. The van der Waals surface area contributed by atoms with Crippen molar-refractivity contribution in [2.24, 2.45) is 17.8 Å². The predicted octanol–water partition coefficient (Wildman–Crippen LogP) is 2.90. The summed E-state index contributed by atoms with van der Waals surface area (Å²) in [6.45, 7) is 13.6. The molecule has 9 atom stereocenters. The quantitative estimate of drug-likeness (QED) is 0.173. The minimum atomic E-state index is -0.873. The van der Waals surface area contributed by atoms with Crippen LogP contribution in [0.3, 0.4) is 0 Å². The number of nitrogens with zero attached hydrogens (tertiary/aromatic N) is 2. The standard InChI is InChI=1S/C37H63N5O7/c1-12-24(4)32(41(9)31(44)22-39-36(47)37(7,38-8)23(2)3)29(48-10)21-30(43)42-20-16-19-28(42)34(49-11)25(5)35(46)40-26(6)33(45)27-17-14-13-15-18-27/h13-15,17-18,23-26,28-29,32-34,38,45H,12,16,19-22H2,1-11H3,(H,39,47)(H,40,46). The molecule has 9 unspecified atom stereocenters. The molecule has 1 aromatic carbocycles. The molecule has 1 aromatic rings. The molecule has 0 aromatic heterocycles. The van der Waals surface area contributed by atoms with Gasteiger partial charge >= 0.3 is 0 Å². The third-order valence-electron chi connectivity index (χ3n) is 10.8. The van der Waals surface area contributed by atoms with Crippen LogP contribution in [0.5, 0.6) is 0 Å². The number of carbonyl (C=O) groups excluding carboxylic acids is 4. The number of likely N-dealkylation sites (tertiary alicyclic amines) is 1. The lowest BCUT2D eigenvalue weighted by atomic mass is 9.87. The van der Waals surface area contributed by atoms with Crippen molar-refractivity contribution in [2.75, 3.05) is 41.4 Å². The highest BCUT2D eigenvalue weighted by Crippen LogP contribution is 2.29. The van der Waals surface area contributed by atoms with Crippen LogP contribution in [0, 0.1) is 17.8 Å². The van der Waals surface area contributed by atoms with E-state index in [0.29, 0.717) is 18.5 Å². The number of rotatable bonds is 19. The van der Waals surface area contributed by atoms with E-state index in [2.05, 4.69) is 16.0 Å². The average molecular weight is 690 g/mol. The molecule has 12 nitrogen and oxygen atoms in total. The summed E-state index contributed by atoms with van der Waals surface area (Å²) in [6.07, 6.45) is 0.179. The first kappa shape index (κ1) is 42.1. The number of benzene rings is 1. The van der Waals surface area contributed by atoms with Crippen LogP contribution in [0.15, 0.2) is 30.3 Å². The normalized spacial score (nSPS) is 20.3. The molecule has 278 valence electrons. The van der Waals surface area contributed by atoms with Crippen LogP contribution in [0.2, 0.25) is 0 Å². The number of ether oxygens (including phenoxy) is 2. The Morgan fingerprint density at radius 3 is 2.22 bits per heavy atom. The Bertz CT molecular complexity index is 1220. The number of hydrogen-bond donors (Lipinski definition) is 4.